The van der Waals surface area contributed by atoms with Crippen LogP contribution in [0.5, 0.6) is 0 Å². The van der Waals surface area contributed by atoms with E-state index in [9.17, 15) is 19.7 Å². The zero-order chi connectivity index (χ0) is 15.9. The van der Waals surface area contributed by atoms with Crippen LogP contribution in [0.3, 0.4) is 0 Å². The molecule has 3 aromatic rings. The fraction of sp³-hybridized carbons (Fsp3) is 0.0769. The summed E-state index contributed by atoms with van der Waals surface area (Å²) >= 11 is 0. The summed E-state index contributed by atoms with van der Waals surface area (Å²) in [6, 6.07) is 4.39. The molecule has 3 rings (SSSR count). The van der Waals surface area contributed by atoms with Gasteiger partial charge in [0.15, 0.2) is 0 Å². The van der Waals surface area contributed by atoms with Gasteiger partial charge in [-0.1, -0.05) is 0 Å². The predicted octanol–water partition coefficient (Wildman–Crippen LogP) is 0.374. The molecule has 4 N–H and O–H groups in total. The lowest BCUT2D eigenvalue weighted by Gasteiger charge is -2.06. The summed E-state index contributed by atoms with van der Waals surface area (Å²) < 4.78 is 1.54. The van der Waals surface area contributed by atoms with E-state index in [1.165, 1.54) is 12.1 Å². The van der Waals surface area contributed by atoms with Crippen LogP contribution in [0.1, 0.15) is 5.56 Å². The Bertz CT molecular complexity index is 998. The van der Waals surface area contributed by atoms with Crippen molar-refractivity contribution in [2.45, 2.75) is 6.54 Å². The van der Waals surface area contributed by atoms with Crippen LogP contribution in [0.25, 0.3) is 16.7 Å². The minimum atomic E-state index is -0.860. The zero-order valence-electron chi connectivity index (χ0n) is 11.2. The van der Waals surface area contributed by atoms with Gasteiger partial charge in [-0.15, -0.1) is 0 Å². The molecule has 0 bridgehead atoms. The van der Waals surface area contributed by atoms with Crippen molar-refractivity contribution >= 4 is 16.7 Å². The molecule has 1 aromatic carbocycles. The number of nitro groups is 1. The molecule has 0 radical (unpaired) electrons. The molecule has 9 heteroatoms. The number of hydrogen-bond donors (Lipinski definition) is 3. The number of nitrogens with one attached hydrogen (secondary N) is 2. The van der Waals surface area contributed by atoms with Gasteiger partial charge in [-0.05, 0) is 17.7 Å². The van der Waals surface area contributed by atoms with Crippen molar-refractivity contribution < 1.29 is 4.92 Å². The number of nitrogens with zero attached hydrogens (tertiary/aromatic N) is 2. The fourth-order valence-electron chi connectivity index (χ4n) is 2.21. The van der Waals surface area contributed by atoms with Crippen LogP contribution < -0.4 is 16.9 Å². The second-order valence-electron chi connectivity index (χ2n) is 4.68. The first-order valence-corrected chi connectivity index (χ1v) is 6.31. The van der Waals surface area contributed by atoms with Gasteiger partial charge in [0, 0.05) is 25.0 Å². The highest BCUT2D eigenvalue weighted by atomic mass is 16.6. The van der Waals surface area contributed by atoms with Crippen molar-refractivity contribution in [2.24, 2.45) is 5.73 Å². The van der Waals surface area contributed by atoms with Crippen LogP contribution >= 0.6 is 0 Å². The van der Waals surface area contributed by atoms with Crippen molar-refractivity contribution in [2.75, 3.05) is 0 Å². The molecule has 0 aliphatic heterocycles. The molecule has 2 aromatic heterocycles. The Morgan fingerprint density at radius 2 is 1.82 bits per heavy atom. The highest BCUT2D eigenvalue weighted by Gasteiger charge is 2.18. The summed E-state index contributed by atoms with van der Waals surface area (Å²) in [4.78, 5) is 38.1. The molecule has 0 amide bonds. The van der Waals surface area contributed by atoms with Gasteiger partial charge in [0.25, 0.3) is 5.69 Å². The summed E-state index contributed by atoms with van der Waals surface area (Å²) in [6.07, 6.45) is 3.30. The van der Waals surface area contributed by atoms with Crippen LogP contribution in [0.2, 0.25) is 0 Å². The van der Waals surface area contributed by atoms with Crippen molar-refractivity contribution in [1.82, 2.24) is 14.5 Å². The van der Waals surface area contributed by atoms with E-state index in [4.69, 9.17) is 5.73 Å². The highest BCUT2D eigenvalue weighted by molar-refractivity contribution is 5.81. The molecule has 0 saturated heterocycles. The normalized spacial score (nSPS) is 11.0. The molecule has 0 atom stereocenters. The summed E-state index contributed by atoms with van der Waals surface area (Å²) in [5, 5.41) is 11.3. The largest absolute Gasteiger partial charge is 0.326 e. The molecule has 0 spiro atoms. The molecular formula is C13H11N5O4. The average Bonchev–Trinajstić information content (AvgIpc) is 2.96. The van der Waals surface area contributed by atoms with Gasteiger partial charge in [-0.2, -0.15) is 0 Å². The van der Waals surface area contributed by atoms with Crippen molar-refractivity contribution in [3.8, 4) is 5.69 Å². The van der Waals surface area contributed by atoms with Gasteiger partial charge in [-0.3, -0.25) is 19.7 Å². The van der Waals surface area contributed by atoms with E-state index in [0.29, 0.717) is 12.1 Å². The molecule has 22 heavy (non-hydrogen) atoms. The molecule has 112 valence electrons. The third kappa shape index (κ3) is 2.19. The second kappa shape index (κ2) is 4.97. The quantitative estimate of drug-likeness (QED) is 0.364. The summed E-state index contributed by atoms with van der Waals surface area (Å²) in [7, 11) is 0. The number of nitrogens with two attached hydrogens (primary N) is 1. The van der Waals surface area contributed by atoms with E-state index in [0.717, 1.165) is 5.56 Å². The smallest absolute Gasteiger partial charge is 0.314 e. The van der Waals surface area contributed by atoms with E-state index in [2.05, 4.69) is 9.97 Å². The van der Waals surface area contributed by atoms with Crippen molar-refractivity contribution in [3.63, 3.8) is 0 Å². The summed E-state index contributed by atoms with van der Waals surface area (Å²) in [5.41, 5.74) is 5.21. The molecule has 0 unspecified atom stereocenters. The number of rotatable bonds is 3. The van der Waals surface area contributed by atoms with Gasteiger partial charge < -0.3 is 20.3 Å². The Morgan fingerprint density at radius 1 is 1.18 bits per heavy atom. The standard InChI is InChI=1S/C13H11N5O4/c14-5-7-1-2-17(6-7)10-3-8-9(4-11(10)18(21)22)16-13(20)12(19)15-8/h1-4,6H,5,14H2,(H,15,19)(H,16,20). The number of H-pyrrole nitrogens is 2. The number of hydrogen-bond acceptors (Lipinski definition) is 5. The van der Waals surface area contributed by atoms with Crippen LogP contribution in [0.15, 0.2) is 40.2 Å². The number of aromatic amines is 2. The van der Waals surface area contributed by atoms with Crippen LogP contribution in [0, 0.1) is 10.1 Å². The first-order chi connectivity index (χ1) is 10.5. The Labute approximate surface area is 122 Å². The van der Waals surface area contributed by atoms with Gasteiger partial charge in [0.1, 0.15) is 5.69 Å². The number of fused-ring (bicyclic) bond motifs is 1. The lowest BCUT2D eigenvalue weighted by molar-refractivity contribution is -0.384. The topological polar surface area (TPSA) is 140 Å². The number of nitro benzene ring substituents is 1. The summed E-state index contributed by atoms with van der Waals surface area (Å²) in [5.74, 6) is 0. The van der Waals surface area contributed by atoms with Gasteiger partial charge in [-0.25, -0.2) is 0 Å². The van der Waals surface area contributed by atoms with Crippen molar-refractivity contribution in [3.05, 3.63) is 67.0 Å². The highest BCUT2D eigenvalue weighted by Crippen LogP contribution is 2.27. The van der Waals surface area contributed by atoms with Crippen LogP contribution in [-0.2, 0) is 6.54 Å². The van der Waals surface area contributed by atoms with E-state index in [1.807, 2.05) is 0 Å². The molecular weight excluding hydrogens is 290 g/mol. The Morgan fingerprint density at radius 3 is 2.36 bits per heavy atom. The van der Waals surface area contributed by atoms with E-state index >= 15 is 0 Å². The Balaban J connectivity index is 2.33. The minimum absolute atomic E-state index is 0.186. The molecule has 0 saturated carbocycles. The van der Waals surface area contributed by atoms with Gasteiger partial charge >= 0.3 is 11.1 Å². The third-order valence-corrected chi connectivity index (χ3v) is 3.28. The molecule has 0 aliphatic rings. The first-order valence-electron chi connectivity index (χ1n) is 6.31. The Hall–Kier alpha value is -3.20. The van der Waals surface area contributed by atoms with Crippen LogP contribution in [0.4, 0.5) is 5.69 Å². The number of benzene rings is 1. The Kier molecular flexibility index (Phi) is 3.11. The lowest BCUT2D eigenvalue weighted by atomic mass is 10.2. The lowest BCUT2D eigenvalue weighted by Crippen LogP contribution is -2.29. The molecule has 0 fully saturated rings. The zero-order valence-corrected chi connectivity index (χ0v) is 11.2. The predicted molar refractivity (Wildman–Crippen MR) is 79.1 cm³/mol. The van der Waals surface area contributed by atoms with E-state index < -0.39 is 16.0 Å². The maximum absolute atomic E-state index is 11.4. The van der Waals surface area contributed by atoms with E-state index in [1.54, 1.807) is 23.0 Å². The third-order valence-electron chi connectivity index (χ3n) is 3.28. The minimum Gasteiger partial charge on any atom is -0.326 e. The maximum Gasteiger partial charge on any atom is 0.314 e. The number of aromatic nitrogens is 3. The fourth-order valence-corrected chi connectivity index (χ4v) is 2.21. The second-order valence-corrected chi connectivity index (χ2v) is 4.68. The maximum atomic E-state index is 11.4. The SMILES string of the molecule is NCc1ccn(-c2cc3[nH]c(=O)c(=O)[nH]c3cc2[N+](=O)[O-])c1. The monoisotopic (exact) mass is 301 g/mol. The molecule has 0 aliphatic carbocycles. The van der Waals surface area contributed by atoms with Crippen LogP contribution in [-0.4, -0.2) is 19.5 Å². The molecule has 2 heterocycles. The first kappa shape index (κ1) is 13.8. The van der Waals surface area contributed by atoms with Gasteiger partial charge in [0.2, 0.25) is 0 Å². The van der Waals surface area contributed by atoms with E-state index in [-0.39, 0.29) is 16.9 Å². The molecule has 9 nitrogen and oxygen atoms in total. The summed E-state index contributed by atoms with van der Waals surface area (Å²) in [6.45, 7) is 0.304. The average molecular weight is 301 g/mol. The van der Waals surface area contributed by atoms with Crippen molar-refractivity contribution in [1.29, 1.82) is 0 Å². The van der Waals surface area contributed by atoms with Gasteiger partial charge in [0.05, 0.1) is 16.0 Å².